The van der Waals surface area contributed by atoms with Crippen LogP contribution in [0.3, 0.4) is 0 Å². The normalized spacial score (nSPS) is 13.6. The zero-order valence-electron chi connectivity index (χ0n) is 20.3. The molecule has 6 heteroatoms. The molecular formula is C24H40N2O4. The summed E-state index contributed by atoms with van der Waals surface area (Å²) in [6.07, 6.45) is -0.0759. The molecule has 0 saturated heterocycles. The van der Waals surface area contributed by atoms with E-state index in [2.05, 4.69) is 57.4 Å². The van der Waals surface area contributed by atoms with Gasteiger partial charge < -0.3 is 20.5 Å². The van der Waals surface area contributed by atoms with Crippen LogP contribution in [-0.2, 0) is 21.4 Å². The Balaban J connectivity index is 2.82. The molecule has 0 unspecified atom stereocenters. The predicted octanol–water partition coefficient (Wildman–Crippen LogP) is 3.92. The molecule has 0 aliphatic rings. The van der Waals surface area contributed by atoms with Gasteiger partial charge in [-0.05, 0) is 82.6 Å². The van der Waals surface area contributed by atoms with Gasteiger partial charge in [0, 0.05) is 6.54 Å². The summed E-state index contributed by atoms with van der Waals surface area (Å²) in [4.78, 5) is 24.8. The van der Waals surface area contributed by atoms with Gasteiger partial charge in [-0.1, -0.05) is 32.9 Å². The fraction of sp³-hybridized carbons (Fsp3) is 0.667. The fourth-order valence-electron chi connectivity index (χ4n) is 3.22. The van der Waals surface area contributed by atoms with Gasteiger partial charge in [0.05, 0.1) is 5.60 Å². The summed E-state index contributed by atoms with van der Waals surface area (Å²) in [5, 5.41) is 15.7. The second-order valence-corrected chi connectivity index (χ2v) is 10.6. The Morgan fingerprint density at radius 2 is 1.50 bits per heavy atom. The van der Waals surface area contributed by atoms with E-state index in [0.717, 1.165) is 0 Å². The van der Waals surface area contributed by atoms with Crippen molar-refractivity contribution in [1.82, 2.24) is 10.6 Å². The zero-order chi connectivity index (χ0) is 23.5. The van der Waals surface area contributed by atoms with Crippen LogP contribution in [0.2, 0.25) is 0 Å². The van der Waals surface area contributed by atoms with Crippen molar-refractivity contribution in [2.75, 3.05) is 6.54 Å². The molecule has 0 radical (unpaired) electrons. The monoisotopic (exact) mass is 420 g/mol. The van der Waals surface area contributed by atoms with Crippen LogP contribution in [-0.4, -0.2) is 40.9 Å². The number of ether oxygens (including phenoxy) is 1. The first-order chi connectivity index (χ1) is 13.4. The number of hydrogen-bond acceptors (Lipinski definition) is 4. The number of nitrogens with one attached hydrogen (secondary N) is 2. The molecule has 1 aromatic carbocycles. The van der Waals surface area contributed by atoms with E-state index in [1.165, 1.54) is 36.1 Å². The molecule has 6 nitrogen and oxygen atoms in total. The molecule has 1 rings (SSSR count). The molecular weight excluding hydrogens is 380 g/mol. The quantitative estimate of drug-likeness (QED) is 0.651. The minimum absolute atomic E-state index is 0.0789. The van der Waals surface area contributed by atoms with Crippen molar-refractivity contribution in [3.63, 3.8) is 0 Å². The van der Waals surface area contributed by atoms with Crippen molar-refractivity contribution in [3.05, 3.63) is 34.4 Å². The van der Waals surface area contributed by atoms with Gasteiger partial charge in [0.2, 0.25) is 5.91 Å². The van der Waals surface area contributed by atoms with Gasteiger partial charge in [-0.25, -0.2) is 4.79 Å². The van der Waals surface area contributed by atoms with Gasteiger partial charge in [-0.2, -0.15) is 0 Å². The summed E-state index contributed by atoms with van der Waals surface area (Å²) < 4.78 is 5.22. The molecule has 30 heavy (non-hydrogen) atoms. The number of amides is 2. The first kappa shape index (κ1) is 26.0. The number of alkyl carbamates (subject to hydrolysis) is 1. The summed E-state index contributed by atoms with van der Waals surface area (Å²) in [7, 11) is 0. The Kier molecular flexibility index (Phi) is 8.11. The Morgan fingerprint density at radius 3 is 1.90 bits per heavy atom. The van der Waals surface area contributed by atoms with E-state index in [1.807, 2.05) is 0 Å². The van der Waals surface area contributed by atoms with Crippen molar-refractivity contribution in [1.29, 1.82) is 0 Å². The lowest BCUT2D eigenvalue weighted by Crippen LogP contribution is -2.58. The van der Waals surface area contributed by atoms with E-state index in [1.54, 1.807) is 20.8 Å². The maximum atomic E-state index is 12.7. The van der Waals surface area contributed by atoms with Crippen molar-refractivity contribution >= 4 is 12.0 Å². The third-order valence-corrected chi connectivity index (χ3v) is 4.87. The van der Waals surface area contributed by atoms with Crippen LogP contribution in [0.5, 0.6) is 0 Å². The molecule has 0 spiro atoms. The first-order valence-corrected chi connectivity index (χ1v) is 10.5. The van der Waals surface area contributed by atoms with Crippen LogP contribution in [0, 0.1) is 13.8 Å². The number of hydrogen-bond donors (Lipinski definition) is 3. The predicted molar refractivity (Wildman–Crippen MR) is 121 cm³/mol. The lowest BCUT2D eigenvalue weighted by Gasteiger charge is -2.30. The summed E-state index contributed by atoms with van der Waals surface area (Å²) >= 11 is 0. The topological polar surface area (TPSA) is 87.7 Å². The van der Waals surface area contributed by atoms with E-state index in [4.69, 9.17) is 4.74 Å². The SMILES string of the molecule is Cc1cc(C(C)(C)C)cc(C)c1CCNC(=O)[C@@H](NC(=O)OC(C)(C)C)C(C)(C)O. The van der Waals surface area contributed by atoms with Gasteiger partial charge in [0.25, 0.3) is 0 Å². The number of aliphatic hydroxyl groups is 1. The van der Waals surface area contributed by atoms with E-state index >= 15 is 0 Å². The Morgan fingerprint density at radius 1 is 1.00 bits per heavy atom. The first-order valence-electron chi connectivity index (χ1n) is 10.5. The number of carbonyl (C=O) groups excluding carboxylic acids is 2. The van der Waals surface area contributed by atoms with Crippen LogP contribution in [0.15, 0.2) is 12.1 Å². The zero-order valence-corrected chi connectivity index (χ0v) is 20.3. The minimum Gasteiger partial charge on any atom is -0.444 e. The summed E-state index contributed by atoms with van der Waals surface area (Å²) in [5.41, 5.74) is 2.81. The Hall–Kier alpha value is -2.08. The maximum absolute atomic E-state index is 12.7. The van der Waals surface area contributed by atoms with E-state index in [9.17, 15) is 14.7 Å². The van der Waals surface area contributed by atoms with Crippen LogP contribution < -0.4 is 10.6 Å². The molecule has 0 heterocycles. The molecule has 0 bridgehead atoms. The average Bonchev–Trinajstić information content (AvgIpc) is 2.51. The molecule has 0 aromatic heterocycles. The lowest BCUT2D eigenvalue weighted by molar-refractivity contribution is -0.128. The molecule has 2 amide bonds. The summed E-state index contributed by atoms with van der Waals surface area (Å²) in [6.45, 7) is 19.3. The molecule has 1 aromatic rings. The molecule has 0 aliphatic heterocycles. The van der Waals surface area contributed by atoms with Crippen molar-refractivity contribution in [2.24, 2.45) is 0 Å². The molecule has 3 N–H and O–H groups in total. The van der Waals surface area contributed by atoms with E-state index < -0.39 is 29.2 Å². The van der Waals surface area contributed by atoms with Gasteiger partial charge in [0.15, 0.2) is 0 Å². The van der Waals surface area contributed by atoms with Gasteiger partial charge in [0.1, 0.15) is 11.6 Å². The van der Waals surface area contributed by atoms with Crippen LogP contribution >= 0.6 is 0 Å². The highest BCUT2D eigenvalue weighted by Gasteiger charge is 2.35. The third kappa shape index (κ3) is 7.98. The van der Waals surface area contributed by atoms with E-state index in [0.29, 0.717) is 13.0 Å². The van der Waals surface area contributed by atoms with Crippen molar-refractivity contribution in [2.45, 2.75) is 98.3 Å². The average molecular weight is 421 g/mol. The lowest BCUT2D eigenvalue weighted by atomic mass is 9.83. The molecule has 0 fully saturated rings. The number of benzene rings is 1. The van der Waals surface area contributed by atoms with Crippen LogP contribution in [0.4, 0.5) is 4.79 Å². The molecule has 170 valence electrons. The summed E-state index contributed by atoms with van der Waals surface area (Å²) in [5.74, 6) is -0.449. The highest BCUT2D eigenvalue weighted by Crippen LogP contribution is 2.27. The van der Waals surface area contributed by atoms with Crippen LogP contribution in [0.25, 0.3) is 0 Å². The Labute approximate surface area is 181 Å². The maximum Gasteiger partial charge on any atom is 0.408 e. The van der Waals surface area contributed by atoms with Crippen molar-refractivity contribution < 1.29 is 19.4 Å². The number of rotatable bonds is 6. The number of carbonyl (C=O) groups is 2. The molecule has 0 aliphatic carbocycles. The molecule has 0 saturated carbocycles. The van der Waals surface area contributed by atoms with Crippen LogP contribution in [0.1, 0.15) is 77.6 Å². The van der Waals surface area contributed by atoms with Crippen molar-refractivity contribution in [3.8, 4) is 0 Å². The Bertz CT molecular complexity index is 742. The summed E-state index contributed by atoms with van der Waals surface area (Å²) in [6, 6.07) is 3.28. The van der Waals surface area contributed by atoms with Gasteiger partial charge >= 0.3 is 6.09 Å². The highest BCUT2D eigenvalue weighted by molar-refractivity contribution is 5.86. The number of aryl methyl sites for hydroxylation is 2. The third-order valence-electron chi connectivity index (χ3n) is 4.87. The minimum atomic E-state index is -1.44. The second kappa shape index (κ2) is 9.38. The standard InChI is InChI=1S/C24H40N2O4/c1-15-13-17(22(3,4)5)14-16(2)18(15)11-12-25-20(27)19(24(9,10)29)26-21(28)30-23(6,7)8/h13-14,19,29H,11-12H2,1-10H3,(H,25,27)(H,26,28)/t19-/m1/s1. The highest BCUT2D eigenvalue weighted by atomic mass is 16.6. The molecule has 1 atom stereocenters. The largest absolute Gasteiger partial charge is 0.444 e. The smallest absolute Gasteiger partial charge is 0.408 e. The van der Waals surface area contributed by atoms with Gasteiger partial charge in [-0.15, -0.1) is 0 Å². The second-order valence-electron chi connectivity index (χ2n) is 10.6. The van der Waals surface area contributed by atoms with E-state index in [-0.39, 0.29) is 5.41 Å². The van der Waals surface area contributed by atoms with Gasteiger partial charge in [-0.3, -0.25) is 4.79 Å². The fourth-order valence-corrected chi connectivity index (χ4v) is 3.22.